The highest BCUT2D eigenvalue weighted by molar-refractivity contribution is 6.11. The molecule has 0 aliphatic heterocycles. The number of hydrogen-bond donors (Lipinski definition) is 0. The van der Waals surface area contributed by atoms with E-state index >= 15 is 0 Å². The van der Waals surface area contributed by atoms with Crippen molar-refractivity contribution in [3.05, 3.63) is 168 Å². The van der Waals surface area contributed by atoms with Crippen molar-refractivity contribution in [1.29, 1.82) is 15.8 Å². The molecule has 0 aliphatic carbocycles. The molecule has 2 heterocycles. The molecule has 0 N–H and O–H groups in total. The second kappa shape index (κ2) is 11.4. The zero-order chi connectivity index (χ0) is 33.8. The van der Waals surface area contributed by atoms with Gasteiger partial charge in [-0.3, -0.25) is 0 Å². The summed E-state index contributed by atoms with van der Waals surface area (Å²) < 4.78 is 4.39. The van der Waals surface area contributed by atoms with Crippen molar-refractivity contribution in [2.24, 2.45) is 0 Å². The summed E-state index contributed by atoms with van der Waals surface area (Å²) in [5.41, 5.74) is 10.9. The molecule has 0 saturated carbocycles. The third-order valence-corrected chi connectivity index (χ3v) is 9.65. The van der Waals surface area contributed by atoms with Gasteiger partial charge in [0.1, 0.15) is 6.07 Å². The van der Waals surface area contributed by atoms with Crippen LogP contribution in [0.15, 0.2) is 152 Å². The van der Waals surface area contributed by atoms with Gasteiger partial charge >= 0.3 is 0 Å². The minimum atomic E-state index is 0.547. The van der Waals surface area contributed by atoms with Crippen molar-refractivity contribution in [3.8, 4) is 51.8 Å². The molecule has 9 rings (SSSR count). The van der Waals surface area contributed by atoms with E-state index in [2.05, 4.69) is 88.0 Å². The highest BCUT2D eigenvalue weighted by Crippen LogP contribution is 2.42. The Labute approximate surface area is 287 Å². The van der Waals surface area contributed by atoms with Gasteiger partial charge in [-0.2, -0.15) is 15.8 Å². The van der Waals surface area contributed by atoms with Crippen LogP contribution < -0.4 is 0 Å². The number of rotatable bonds is 4. The summed E-state index contributed by atoms with van der Waals surface area (Å²) in [7, 11) is 0. The Bertz CT molecular complexity index is 2920. The Morgan fingerprint density at radius 3 is 1.60 bits per heavy atom. The van der Waals surface area contributed by atoms with Crippen LogP contribution in [0.25, 0.3) is 77.2 Å². The van der Waals surface area contributed by atoms with Crippen LogP contribution in [-0.4, -0.2) is 9.13 Å². The van der Waals surface area contributed by atoms with Gasteiger partial charge in [0.05, 0.1) is 62.3 Å². The maximum Gasteiger partial charge on any atom is 0.101 e. The second-order valence-corrected chi connectivity index (χ2v) is 12.3. The Kier molecular flexibility index (Phi) is 6.56. The van der Waals surface area contributed by atoms with Crippen LogP contribution in [0, 0.1) is 34.0 Å². The maximum absolute atomic E-state index is 10.6. The molecule has 2 aromatic heterocycles. The first-order valence-electron chi connectivity index (χ1n) is 16.3. The first kappa shape index (κ1) is 28.8. The summed E-state index contributed by atoms with van der Waals surface area (Å²) in [6, 6.07) is 57.7. The van der Waals surface area contributed by atoms with Crippen molar-refractivity contribution >= 4 is 43.6 Å². The van der Waals surface area contributed by atoms with Gasteiger partial charge in [0.15, 0.2) is 0 Å². The summed E-state index contributed by atoms with van der Waals surface area (Å²) in [5, 5.41) is 34.9. The lowest BCUT2D eigenvalue weighted by Gasteiger charge is -2.19. The van der Waals surface area contributed by atoms with E-state index in [1.54, 1.807) is 0 Å². The zero-order valence-corrected chi connectivity index (χ0v) is 26.7. The van der Waals surface area contributed by atoms with E-state index in [1.165, 1.54) is 0 Å². The average Bonchev–Trinajstić information content (AvgIpc) is 3.69. The lowest BCUT2D eigenvalue weighted by atomic mass is 9.89. The van der Waals surface area contributed by atoms with Crippen LogP contribution in [0.3, 0.4) is 0 Å². The van der Waals surface area contributed by atoms with Crippen molar-refractivity contribution in [1.82, 2.24) is 9.13 Å². The Morgan fingerprint density at radius 2 is 0.940 bits per heavy atom. The van der Waals surface area contributed by atoms with Gasteiger partial charge in [0, 0.05) is 32.7 Å². The molecule has 9 aromatic rings. The van der Waals surface area contributed by atoms with Crippen LogP contribution in [0.5, 0.6) is 0 Å². The van der Waals surface area contributed by atoms with E-state index in [-0.39, 0.29) is 0 Å². The number of benzene rings is 7. The molecule has 0 unspecified atom stereocenters. The quantitative estimate of drug-likeness (QED) is 0.193. The maximum atomic E-state index is 10.6. The van der Waals surface area contributed by atoms with Crippen LogP contribution in [-0.2, 0) is 0 Å². The first-order chi connectivity index (χ1) is 24.7. The number of fused-ring (bicyclic) bond motifs is 6. The number of nitrogens with zero attached hydrogens (tertiary/aromatic N) is 5. The topological polar surface area (TPSA) is 81.2 Å². The zero-order valence-electron chi connectivity index (χ0n) is 26.7. The SMILES string of the molecule is N#Cc1ccc2c(c1)c1ccccc1n2-c1ccccc1-c1c(C#N)cccc1-c1ccc(C#N)c(-n2c3ccccc3c3ccccc32)c1. The summed E-state index contributed by atoms with van der Waals surface area (Å²) in [6.45, 7) is 0. The molecule has 0 amide bonds. The third kappa shape index (κ3) is 4.24. The smallest absolute Gasteiger partial charge is 0.101 e. The normalized spacial score (nSPS) is 11.1. The predicted octanol–water partition coefficient (Wildman–Crippen LogP) is 10.8. The fourth-order valence-electron chi connectivity index (χ4n) is 7.52. The largest absolute Gasteiger partial charge is 0.309 e. The van der Waals surface area contributed by atoms with Crippen molar-refractivity contribution in [2.75, 3.05) is 0 Å². The molecule has 0 bridgehead atoms. The molecule has 0 spiro atoms. The average molecular weight is 636 g/mol. The molecule has 50 heavy (non-hydrogen) atoms. The van der Waals surface area contributed by atoms with Gasteiger partial charge in [-0.1, -0.05) is 91.0 Å². The highest BCUT2D eigenvalue weighted by Gasteiger charge is 2.21. The van der Waals surface area contributed by atoms with Gasteiger partial charge in [-0.25, -0.2) is 0 Å². The molecule has 230 valence electrons. The van der Waals surface area contributed by atoms with Crippen molar-refractivity contribution in [2.45, 2.75) is 0 Å². The monoisotopic (exact) mass is 635 g/mol. The molecular formula is C45H25N5. The molecule has 0 saturated heterocycles. The van der Waals surface area contributed by atoms with Crippen molar-refractivity contribution in [3.63, 3.8) is 0 Å². The predicted molar refractivity (Wildman–Crippen MR) is 200 cm³/mol. The molecule has 7 aromatic carbocycles. The minimum absolute atomic E-state index is 0.547. The Morgan fingerprint density at radius 1 is 0.380 bits per heavy atom. The number of aromatic nitrogens is 2. The van der Waals surface area contributed by atoms with E-state index in [1.807, 2.05) is 91.0 Å². The van der Waals surface area contributed by atoms with E-state index in [0.717, 1.165) is 77.2 Å². The standard InChI is InChI=1S/C45H25N5/c46-26-29-20-23-43-38(24-29)36-13-3-7-18-41(36)49(43)42-19-8-4-14-37(42)45-32(28-48)10-9-15-33(45)30-21-22-31(27-47)44(25-30)50-39-16-5-1-11-34(39)35-12-2-6-17-40(35)50/h1-25H. The van der Waals surface area contributed by atoms with Crippen LogP contribution >= 0.6 is 0 Å². The van der Waals surface area contributed by atoms with Crippen molar-refractivity contribution < 1.29 is 0 Å². The molecule has 0 aliphatic rings. The summed E-state index contributed by atoms with van der Waals surface area (Å²) in [6.07, 6.45) is 0. The molecule has 0 radical (unpaired) electrons. The van der Waals surface area contributed by atoms with Crippen LogP contribution in [0.2, 0.25) is 0 Å². The molecule has 5 heteroatoms. The number of nitriles is 3. The fraction of sp³-hybridized carbons (Fsp3) is 0. The molecule has 0 fully saturated rings. The third-order valence-electron chi connectivity index (χ3n) is 9.65. The fourth-order valence-corrected chi connectivity index (χ4v) is 7.52. The molecular weight excluding hydrogens is 611 g/mol. The van der Waals surface area contributed by atoms with Gasteiger partial charge < -0.3 is 9.13 Å². The van der Waals surface area contributed by atoms with Gasteiger partial charge in [-0.05, 0) is 71.8 Å². The first-order valence-corrected chi connectivity index (χ1v) is 16.3. The molecule has 0 atom stereocenters. The van der Waals surface area contributed by atoms with E-state index < -0.39 is 0 Å². The van der Waals surface area contributed by atoms with E-state index in [4.69, 9.17) is 0 Å². The van der Waals surface area contributed by atoms with E-state index in [9.17, 15) is 15.8 Å². The minimum Gasteiger partial charge on any atom is -0.309 e. The van der Waals surface area contributed by atoms with Gasteiger partial charge in [-0.15, -0.1) is 0 Å². The number of hydrogen-bond acceptors (Lipinski definition) is 3. The number of para-hydroxylation sites is 4. The summed E-state index contributed by atoms with van der Waals surface area (Å²) in [4.78, 5) is 0. The Hall–Kier alpha value is -7.39. The van der Waals surface area contributed by atoms with Gasteiger partial charge in [0.25, 0.3) is 0 Å². The summed E-state index contributed by atoms with van der Waals surface area (Å²) >= 11 is 0. The molecule has 5 nitrogen and oxygen atoms in total. The Balaban J connectivity index is 1.33. The second-order valence-electron chi connectivity index (χ2n) is 12.3. The van der Waals surface area contributed by atoms with Gasteiger partial charge in [0.2, 0.25) is 0 Å². The lowest BCUT2D eigenvalue weighted by molar-refractivity contribution is 1.17. The van der Waals surface area contributed by atoms with E-state index in [0.29, 0.717) is 16.7 Å². The lowest BCUT2D eigenvalue weighted by Crippen LogP contribution is -2.01. The summed E-state index contributed by atoms with van der Waals surface area (Å²) in [5.74, 6) is 0. The highest BCUT2D eigenvalue weighted by atomic mass is 15.0. The van der Waals surface area contributed by atoms with Crippen LogP contribution in [0.4, 0.5) is 0 Å². The van der Waals surface area contributed by atoms with Crippen LogP contribution in [0.1, 0.15) is 16.7 Å².